The lowest BCUT2D eigenvalue weighted by molar-refractivity contribution is 0.364. The summed E-state index contributed by atoms with van der Waals surface area (Å²) in [6, 6.07) is 6.52. The molecule has 2 aliphatic rings. The Kier molecular flexibility index (Phi) is 3.62. The fraction of sp³-hybridized carbons (Fsp3) is 0.304. The molecule has 0 aliphatic heterocycles. The molecule has 0 spiro atoms. The van der Waals surface area contributed by atoms with Crippen molar-refractivity contribution in [3.63, 3.8) is 0 Å². The molecule has 7 rings (SSSR count). The number of rotatable bonds is 4. The average Bonchev–Trinajstić information content (AvgIpc) is 3.35. The first-order chi connectivity index (χ1) is 16.1. The van der Waals surface area contributed by atoms with Crippen LogP contribution in [0.15, 0.2) is 52.4 Å². The Morgan fingerprint density at radius 3 is 2.91 bits per heavy atom. The number of imidazole rings is 1. The van der Waals surface area contributed by atoms with Crippen LogP contribution in [-0.2, 0) is 20.6 Å². The molecule has 0 saturated heterocycles. The van der Waals surface area contributed by atoms with Crippen molar-refractivity contribution in [3.05, 3.63) is 70.8 Å². The molecule has 0 radical (unpaired) electrons. The van der Waals surface area contributed by atoms with E-state index in [0.717, 1.165) is 23.1 Å². The summed E-state index contributed by atoms with van der Waals surface area (Å²) in [4.78, 5) is 25.7. The zero-order chi connectivity index (χ0) is 22.3. The first kappa shape index (κ1) is 18.5. The van der Waals surface area contributed by atoms with Crippen molar-refractivity contribution in [1.29, 1.82) is 0 Å². The second kappa shape index (κ2) is 6.47. The molecule has 2 aliphatic carbocycles. The highest BCUT2D eigenvalue weighted by atomic mass is 16.5. The molecule has 1 saturated carbocycles. The molecule has 0 unspecified atom stereocenters. The fourth-order valence-corrected chi connectivity index (χ4v) is 5.18. The molecule has 0 amide bonds. The molecule has 10 nitrogen and oxygen atoms in total. The third kappa shape index (κ3) is 2.73. The van der Waals surface area contributed by atoms with Crippen LogP contribution in [-0.4, -0.2) is 39.0 Å². The van der Waals surface area contributed by atoms with Crippen molar-refractivity contribution < 1.29 is 4.52 Å². The van der Waals surface area contributed by atoms with E-state index < -0.39 is 0 Å². The molecular weight excluding hydrogens is 420 g/mol. The normalized spacial score (nSPS) is 21.6. The van der Waals surface area contributed by atoms with E-state index in [0.29, 0.717) is 28.9 Å². The number of benzene rings is 1. The van der Waals surface area contributed by atoms with E-state index in [-0.39, 0.29) is 18.0 Å². The first-order valence-electron chi connectivity index (χ1n) is 10.9. The molecule has 164 valence electrons. The number of aromatic nitrogens is 8. The van der Waals surface area contributed by atoms with Gasteiger partial charge in [-0.3, -0.25) is 14.0 Å². The predicted octanol–water partition coefficient (Wildman–Crippen LogP) is 2.26. The van der Waals surface area contributed by atoms with Crippen LogP contribution < -0.4 is 5.56 Å². The number of fused-ring (bicyclic) bond motifs is 3. The van der Waals surface area contributed by atoms with Crippen LogP contribution in [0.25, 0.3) is 27.6 Å². The minimum Gasteiger partial charge on any atom is -0.337 e. The molecule has 1 fully saturated rings. The highest BCUT2D eigenvalue weighted by Crippen LogP contribution is 2.62. The summed E-state index contributed by atoms with van der Waals surface area (Å²) in [6.07, 6.45) is 8.32. The Morgan fingerprint density at radius 1 is 1.18 bits per heavy atom. The number of nitrogens with zero attached hydrogens (tertiary/aromatic N) is 8. The van der Waals surface area contributed by atoms with Gasteiger partial charge >= 0.3 is 0 Å². The van der Waals surface area contributed by atoms with Crippen LogP contribution in [0.2, 0.25) is 0 Å². The summed E-state index contributed by atoms with van der Waals surface area (Å²) in [5.41, 5.74) is 4.47. The van der Waals surface area contributed by atoms with Crippen LogP contribution >= 0.6 is 0 Å². The van der Waals surface area contributed by atoms with Crippen LogP contribution in [0.5, 0.6) is 0 Å². The molecule has 33 heavy (non-hydrogen) atoms. The Morgan fingerprint density at radius 2 is 2.06 bits per heavy atom. The summed E-state index contributed by atoms with van der Waals surface area (Å²) in [5.74, 6) is 2.35. The first-order valence-corrected chi connectivity index (χ1v) is 10.9. The van der Waals surface area contributed by atoms with E-state index in [1.54, 1.807) is 17.9 Å². The maximum absolute atomic E-state index is 12.7. The van der Waals surface area contributed by atoms with Crippen molar-refractivity contribution in [2.75, 3.05) is 0 Å². The van der Waals surface area contributed by atoms with Gasteiger partial charge in [0.15, 0.2) is 17.0 Å². The van der Waals surface area contributed by atoms with Crippen LogP contribution in [0.3, 0.4) is 0 Å². The van der Waals surface area contributed by atoms with E-state index in [1.807, 2.05) is 17.9 Å². The van der Waals surface area contributed by atoms with Crippen molar-refractivity contribution in [2.24, 2.45) is 25.9 Å². The van der Waals surface area contributed by atoms with Gasteiger partial charge in [-0.15, -0.1) is 0 Å². The van der Waals surface area contributed by atoms with Gasteiger partial charge < -0.3 is 9.09 Å². The predicted molar refractivity (Wildman–Crippen MR) is 119 cm³/mol. The molecule has 4 heterocycles. The molecule has 10 heteroatoms. The van der Waals surface area contributed by atoms with Crippen molar-refractivity contribution in [3.8, 4) is 0 Å². The van der Waals surface area contributed by atoms with Gasteiger partial charge in [-0.25, -0.2) is 9.97 Å². The molecule has 1 aromatic carbocycles. The summed E-state index contributed by atoms with van der Waals surface area (Å²) in [7, 11) is 3.73. The second-order valence-corrected chi connectivity index (χ2v) is 8.96. The summed E-state index contributed by atoms with van der Waals surface area (Å²) in [5, 5.41) is 9.71. The number of hydrogen-bond acceptors (Lipinski definition) is 7. The Bertz CT molecular complexity index is 1650. The number of hydrogen-bond donors (Lipinski definition) is 0. The zero-order valence-corrected chi connectivity index (χ0v) is 18.1. The summed E-state index contributed by atoms with van der Waals surface area (Å²) < 4.78 is 10.5. The summed E-state index contributed by atoms with van der Waals surface area (Å²) in [6.45, 7) is 0.189. The largest absolute Gasteiger partial charge is 0.337 e. The lowest BCUT2D eigenvalue weighted by atomic mass is 9.99. The molecule has 0 bridgehead atoms. The van der Waals surface area contributed by atoms with E-state index in [9.17, 15) is 4.79 Å². The monoisotopic (exact) mass is 440 g/mol. The number of allylic oxidation sites excluding steroid dienone is 2. The molecule has 4 aromatic heterocycles. The van der Waals surface area contributed by atoms with E-state index in [2.05, 4.69) is 49.5 Å². The highest BCUT2D eigenvalue weighted by molar-refractivity contribution is 5.84. The molecule has 3 atom stereocenters. The van der Waals surface area contributed by atoms with Crippen LogP contribution in [0, 0.1) is 11.8 Å². The van der Waals surface area contributed by atoms with Crippen molar-refractivity contribution in [2.45, 2.75) is 18.9 Å². The van der Waals surface area contributed by atoms with E-state index in [1.165, 1.54) is 22.0 Å². The standard InChI is InChI=1S/C23H20N8O2/c1-29-10-24-22-20(29)23(32)31(11-25-22)9-18-27-21(28-33-18)19-15-6-13(7-16(15)19)12-3-4-17-14(5-12)8-26-30(17)2/h3-6,8,10-11,15-16,19H,7,9H2,1-2H3/t15-,16+,19+/m0/s1. The topological polar surface area (TPSA) is 109 Å². The van der Waals surface area contributed by atoms with Gasteiger partial charge in [-0.1, -0.05) is 17.3 Å². The number of aryl methyl sites for hydroxylation is 2. The van der Waals surface area contributed by atoms with Crippen LogP contribution in [0.1, 0.15) is 29.6 Å². The van der Waals surface area contributed by atoms with Crippen LogP contribution in [0.4, 0.5) is 0 Å². The minimum absolute atomic E-state index is 0.179. The van der Waals surface area contributed by atoms with Gasteiger partial charge in [0.25, 0.3) is 5.56 Å². The Hall–Kier alpha value is -4.08. The van der Waals surface area contributed by atoms with E-state index >= 15 is 0 Å². The fourth-order valence-electron chi connectivity index (χ4n) is 5.18. The van der Waals surface area contributed by atoms with Gasteiger partial charge in [-0.2, -0.15) is 10.1 Å². The van der Waals surface area contributed by atoms with E-state index in [4.69, 9.17) is 4.52 Å². The summed E-state index contributed by atoms with van der Waals surface area (Å²) >= 11 is 0. The molecule has 5 aromatic rings. The maximum Gasteiger partial charge on any atom is 0.280 e. The van der Waals surface area contributed by atoms with Crippen molar-refractivity contribution in [1.82, 2.24) is 39.0 Å². The van der Waals surface area contributed by atoms with Gasteiger partial charge in [0.05, 0.1) is 18.0 Å². The van der Waals surface area contributed by atoms with Gasteiger partial charge in [0.1, 0.15) is 12.9 Å². The average molecular weight is 440 g/mol. The molecular formula is C23H20N8O2. The maximum atomic E-state index is 12.7. The van der Waals surface area contributed by atoms with Gasteiger partial charge in [0.2, 0.25) is 5.89 Å². The lowest BCUT2D eigenvalue weighted by Gasteiger charge is -2.06. The van der Waals surface area contributed by atoms with Gasteiger partial charge in [-0.05, 0) is 41.5 Å². The zero-order valence-electron chi connectivity index (χ0n) is 18.1. The van der Waals surface area contributed by atoms with Gasteiger partial charge in [0, 0.05) is 25.4 Å². The third-order valence-corrected chi connectivity index (χ3v) is 6.98. The Balaban J connectivity index is 1.10. The molecule has 0 N–H and O–H groups in total. The lowest BCUT2D eigenvalue weighted by Crippen LogP contribution is -2.22. The third-order valence-electron chi connectivity index (χ3n) is 6.98. The highest BCUT2D eigenvalue weighted by Gasteiger charge is 2.55. The van der Waals surface area contributed by atoms with Crippen molar-refractivity contribution >= 4 is 27.6 Å². The Labute approximate surface area is 187 Å². The quantitative estimate of drug-likeness (QED) is 0.422. The minimum atomic E-state index is -0.179. The SMILES string of the molecule is Cn1cnc2ncn(Cc3nc([C@@H]4[C@H]5C=C(c6ccc7c(cnn7C)c6)C[C@H]54)no3)c(=O)c21. The smallest absolute Gasteiger partial charge is 0.280 e. The second-order valence-electron chi connectivity index (χ2n) is 8.96.